The predicted molar refractivity (Wildman–Crippen MR) is 94.5 cm³/mol. The number of aryl methyl sites for hydroxylation is 2. The topological polar surface area (TPSA) is 63.7 Å². The first-order valence-electron chi connectivity index (χ1n) is 8.76. The molecule has 1 amide bonds. The highest BCUT2D eigenvalue weighted by atomic mass is 32.2. The SMILES string of the molecule is C[C@@]12CCC(=O)N1[C@H](C(=O)OCC(=O)c1ccc3c(c1)CCC3)CS2. The summed E-state index contributed by atoms with van der Waals surface area (Å²) in [6.45, 7) is 1.73. The number of hydrogen-bond acceptors (Lipinski definition) is 5. The molecule has 1 aromatic carbocycles. The lowest BCUT2D eigenvalue weighted by atomic mass is 10.0. The maximum atomic E-state index is 12.4. The zero-order valence-electron chi connectivity index (χ0n) is 14.2. The molecule has 0 spiro atoms. The van der Waals surface area contributed by atoms with E-state index in [2.05, 4.69) is 0 Å². The predicted octanol–water partition coefficient (Wildman–Crippen LogP) is 2.36. The van der Waals surface area contributed by atoms with Gasteiger partial charge in [0.1, 0.15) is 6.04 Å². The zero-order valence-corrected chi connectivity index (χ0v) is 15.1. The fourth-order valence-corrected chi connectivity index (χ4v) is 5.47. The van der Waals surface area contributed by atoms with Gasteiger partial charge in [-0.25, -0.2) is 4.79 Å². The molecule has 25 heavy (non-hydrogen) atoms. The van der Waals surface area contributed by atoms with E-state index in [1.54, 1.807) is 16.7 Å². The number of thioether (sulfide) groups is 1. The molecular weight excluding hydrogens is 338 g/mol. The Morgan fingerprint density at radius 1 is 1.28 bits per heavy atom. The molecule has 0 unspecified atom stereocenters. The molecule has 1 aromatic rings. The summed E-state index contributed by atoms with van der Waals surface area (Å²) in [7, 11) is 0. The van der Waals surface area contributed by atoms with Crippen molar-refractivity contribution in [2.45, 2.75) is 49.9 Å². The number of esters is 1. The number of benzene rings is 1. The van der Waals surface area contributed by atoms with E-state index < -0.39 is 12.0 Å². The maximum Gasteiger partial charge on any atom is 0.330 e. The molecule has 5 nitrogen and oxygen atoms in total. The van der Waals surface area contributed by atoms with E-state index in [0.717, 1.165) is 25.7 Å². The van der Waals surface area contributed by atoms with Crippen molar-refractivity contribution < 1.29 is 19.1 Å². The molecule has 2 saturated heterocycles. The largest absolute Gasteiger partial charge is 0.456 e. The molecule has 2 atom stereocenters. The quantitative estimate of drug-likeness (QED) is 0.610. The van der Waals surface area contributed by atoms with Gasteiger partial charge in [0, 0.05) is 17.7 Å². The lowest BCUT2D eigenvalue weighted by molar-refractivity contribution is -0.152. The lowest BCUT2D eigenvalue weighted by Gasteiger charge is -2.29. The number of carbonyl (C=O) groups is 3. The van der Waals surface area contributed by atoms with Crippen LogP contribution in [0.5, 0.6) is 0 Å². The second-order valence-electron chi connectivity index (χ2n) is 7.13. The van der Waals surface area contributed by atoms with Crippen LogP contribution in [0.1, 0.15) is 47.7 Å². The zero-order chi connectivity index (χ0) is 17.6. The Labute approximate surface area is 151 Å². The normalized spacial score (nSPS) is 27.3. The van der Waals surface area contributed by atoms with E-state index >= 15 is 0 Å². The van der Waals surface area contributed by atoms with Crippen LogP contribution in [0.2, 0.25) is 0 Å². The van der Waals surface area contributed by atoms with Gasteiger partial charge in [0.15, 0.2) is 12.4 Å². The Morgan fingerprint density at radius 2 is 2.08 bits per heavy atom. The minimum Gasteiger partial charge on any atom is -0.456 e. The number of fused-ring (bicyclic) bond motifs is 2. The Morgan fingerprint density at radius 3 is 2.92 bits per heavy atom. The van der Waals surface area contributed by atoms with Crippen LogP contribution in [0.15, 0.2) is 18.2 Å². The number of amides is 1. The Balaban J connectivity index is 1.39. The van der Waals surface area contributed by atoms with Gasteiger partial charge in [-0.15, -0.1) is 11.8 Å². The molecule has 2 heterocycles. The van der Waals surface area contributed by atoms with Gasteiger partial charge in [-0.3, -0.25) is 9.59 Å². The van der Waals surface area contributed by atoms with Crippen molar-refractivity contribution in [2.75, 3.05) is 12.4 Å². The number of Topliss-reactive ketones (excluding diaryl/α,β-unsaturated/α-hetero) is 1. The number of rotatable bonds is 4. The number of carbonyl (C=O) groups excluding carboxylic acids is 3. The summed E-state index contributed by atoms with van der Waals surface area (Å²) in [5.41, 5.74) is 3.13. The fourth-order valence-electron chi connectivity index (χ4n) is 4.06. The number of ether oxygens (including phenoxy) is 1. The molecule has 2 fully saturated rings. The first-order valence-corrected chi connectivity index (χ1v) is 9.74. The monoisotopic (exact) mass is 359 g/mol. The summed E-state index contributed by atoms with van der Waals surface area (Å²) in [5.74, 6) is -0.127. The third-order valence-corrected chi connectivity index (χ3v) is 6.99. The molecule has 6 heteroatoms. The van der Waals surface area contributed by atoms with Crippen molar-refractivity contribution in [2.24, 2.45) is 0 Å². The smallest absolute Gasteiger partial charge is 0.330 e. The highest BCUT2D eigenvalue weighted by Crippen LogP contribution is 2.47. The minimum atomic E-state index is -0.571. The minimum absolute atomic E-state index is 0.000557. The molecule has 132 valence electrons. The third kappa shape index (κ3) is 2.86. The van der Waals surface area contributed by atoms with Crippen LogP contribution in [0.3, 0.4) is 0 Å². The van der Waals surface area contributed by atoms with E-state index in [0.29, 0.717) is 17.7 Å². The van der Waals surface area contributed by atoms with Gasteiger partial charge in [-0.2, -0.15) is 0 Å². The summed E-state index contributed by atoms with van der Waals surface area (Å²) in [5, 5.41) is 0. The van der Waals surface area contributed by atoms with Gasteiger partial charge in [-0.1, -0.05) is 12.1 Å². The van der Waals surface area contributed by atoms with Crippen molar-refractivity contribution in [1.82, 2.24) is 4.90 Å². The van der Waals surface area contributed by atoms with Gasteiger partial charge in [0.05, 0.1) is 4.87 Å². The van der Waals surface area contributed by atoms with Crippen molar-refractivity contribution >= 4 is 29.4 Å². The van der Waals surface area contributed by atoms with Crippen LogP contribution in [0.25, 0.3) is 0 Å². The summed E-state index contributed by atoms with van der Waals surface area (Å²) in [4.78, 5) is 38.2. The van der Waals surface area contributed by atoms with Crippen LogP contribution in [-0.2, 0) is 27.2 Å². The molecule has 0 aromatic heterocycles. The van der Waals surface area contributed by atoms with Gasteiger partial charge in [-0.05, 0) is 49.8 Å². The van der Waals surface area contributed by atoms with Crippen LogP contribution in [-0.4, -0.2) is 45.8 Å². The first-order chi connectivity index (χ1) is 12.0. The van der Waals surface area contributed by atoms with E-state index in [-0.39, 0.29) is 23.2 Å². The Hall–Kier alpha value is -1.82. The molecule has 4 rings (SSSR count). The van der Waals surface area contributed by atoms with Crippen molar-refractivity contribution in [3.63, 3.8) is 0 Å². The van der Waals surface area contributed by atoms with Crippen LogP contribution in [0.4, 0.5) is 0 Å². The van der Waals surface area contributed by atoms with Gasteiger partial charge in [0.2, 0.25) is 5.91 Å². The van der Waals surface area contributed by atoms with Crippen LogP contribution >= 0.6 is 11.8 Å². The van der Waals surface area contributed by atoms with Crippen LogP contribution < -0.4 is 0 Å². The van der Waals surface area contributed by atoms with Crippen molar-refractivity contribution in [3.8, 4) is 0 Å². The third-order valence-electron chi connectivity index (χ3n) is 5.48. The second-order valence-corrected chi connectivity index (χ2v) is 8.64. The Bertz CT molecular complexity index is 762. The molecule has 0 radical (unpaired) electrons. The highest BCUT2D eigenvalue weighted by molar-refractivity contribution is 8.01. The number of hydrogen-bond donors (Lipinski definition) is 0. The number of ketones is 1. The van der Waals surface area contributed by atoms with Gasteiger partial charge in [0.25, 0.3) is 0 Å². The summed E-state index contributed by atoms with van der Waals surface area (Å²) in [6, 6.07) is 5.16. The average Bonchev–Trinajstić information content (AvgIpc) is 3.27. The molecular formula is C19H21NO4S. The molecule has 0 N–H and O–H groups in total. The van der Waals surface area contributed by atoms with Gasteiger partial charge >= 0.3 is 5.97 Å². The van der Waals surface area contributed by atoms with E-state index in [1.807, 2.05) is 25.1 Å². The fraction of sp³-hybridized carbons (Fsp3) is 0.526. The summed E-state index contributed by atoms with van der Waals surface area (Å²) in [6.07, 6.45) is 4.44. The summed E-state index contributed by atoms with van der Waals surface area (Å²) >= 11 is 1.62. The molecule has 2 aliphatic heterocycles. The molecule has 3 aliphatic rings. The summed E-state index contributed by atoms with van der Waals surface area (Å²) < 4.78 is 5.27. The highest BCUT2D eigenvalue weighted by Gasteiger charge is 2.53. The van der Waals surface area contributed by atoms with Crippen molar-refractivity contribution in [3.05, 3.63) is 34.9 Å². The average molecular weight is 359 g/mol. The molecule has 0 bridgehead atoms. The standard InChI is InChI=1S/C19H21NO4S/c1-19-8-7-17(22)20(19)15(11-25-19)18(23)24-10-16(21)14-6-5-12-3-2-4-13(12)9-14/h5-6,9,15H,2-4,7-8,10-11H2,1H3/t15-,19+/m0/s1. The lowest BCUT2D eigenvalue weighted by Crippen LogP contribution is -2.46. The molecule has 1 aliphatic carbocycles. The van der Waals surface area contributed by atoms with Crippen LogP contribution in [0, 0.1) is 0 Å². The van der Waals surface area contributed by atoms with Gasteiger partial charge < -0.3 is 9.64 Å². The Kier molecular flexibility index (Phi) is 4.10. The number of nitrogens with zero attached hydrogens (tertiary/aromatic N) is 1. The van der Waals surface area contributed by atoms with E-state index in [4.69, 9.17) is 4.74 Å². The van der Waals surface area contributed by atoms with Crippen molar-refractivity contribution in [1.29, 1.82) is 0 Å². The second kappa shape index (κ2) is 6.16. The first kappa shape index (κ1) is 16.6. The molecule has 0 saturated carbocycles. The van der Waals surface area contributed by atoms with E-state index in [1.165, 1.54) is 11.1 Å². The van der Waals surface area contributed by atoms with E-state index in [9.17, 15) is 14.4 Å². The maximum absolute atomic E-state index is 12.4.